The number of rotatable bonds is 2. The second kappa shape index (κ2) is 9.36. The van der Waals surface area contributed by atoms with Crippen molar-refractivity contribution >= 4 is 35.4 Å². The van der Waals surface area contributed by atoms with Gasteiger partial charge in [-0.25, -0.2) is 9.18 Å². The molecule has 1 unspecified atom stereocenters. The highest BCUT2D eigenvalue weighted by Crippen LogP contribution is 2.42. The van der Waals surface area contributed by atoms with Crippen molar-refractivity contribution in [2.24, 2.45) is 5.41 Å². The second-order valence-corrected chi connectivity index (χ2v) is 11.8. The molecule has 0 bridgehead atoms. The smallest absolute Gasteiger partial charge is 0.410 e. The zero-order valence-electron chi connectivity index (χ0n) is 22.0. The van der Waals surface area contributed by atoms with Gasteiger partial charge in [0.2, 0.25) is 11.8 Å². The van der Waals surface area contributed by atoms with Crippen molar-refractivity contribution in [3.63, 3.8) is 0 Å². The number of hydrogen-bond donors (Lipinski definition) is 1. The van der Waals surface area contributed by atoms with Crippen LogP contribution in [0, 0.1) is 11.2 Å². The number of ether oxygens (including phenoxy) is 1. The van der Waals surface area contributed by atoms with E-state index in [0.29, 0.717) is 26.2 Å². The average Bonchev–Trinajstić information content (AvgIpc) is 3.07. The fraction of sp³-hybridized carbons (Fsp3) is 0.593. The average molecular weight is 529 g/mol. The van der Waals surface area contributed by atoms with Crippen LogP contribution in [0.15, 0.2) is 12.1 Å². The van der Waals surface area contributed by atoms with Crippen LogP contribution in [0.2, 0.25) is 0 Å². The summed E-state index contributed by atoms with van der Waals surface area (Å²) in [5, 5.41) is 2.16. The third-order valence-corrected chi connectivity index (χ3v) is 7.99. The van der Waals surface area contributed by atoms with Gasteiger partial charge < -0.3 is 14.5 Å². The molecule has 4 aliphatic rings. The minimum Gasteiger partial charge on any atom is -0.444 e. The summed E-state index contributed by atoms with van der Waals surface area (Å²) in [6.45, 7) is 7.80. The zero-order chi connectivity index (χ0) is 27.4. The number of imide groups is 2. The van der Waals surface area contributed by atoms with Gasteiger partial charge in [-0.2, -0.15) is 0 Å². The molecular weight excluding hydrogens is 495 g/mol. The summed E-state index contributed by atoms with van der Waals surface area (Å²) >= 11 is 0. The van der Waals surface area contributed by atoms with E-state index in [1.165, 1.54) is 6.07 Å². The third kappa shape index (κ3) is 4.74. The number of hydrogen-bond acceptors (Lipinski definition) is 7. The number of carbonyl (C=O) groups is 5. The quantitative estimate of drug-likeness (QED) is 0.587. The molecule has 1 spiro atoms. The van der Waals surface area contributed by atoms with Crippen LogP contribution in [0.1, 0.15) is 80.0 Å². The Labute approximate surface area is 220 Å². The Bertz CT molecular complexity index is 1220. The van der Waals surface area contributed by atoms with Crippen LogP contribution >= 0.6 is 0 Å². The Morgan fingerprint density at radius 3 is 2.32 bits per heavy atom. The number of anilines is 1. The van der Waals surface area contributed by atoms with Crippen molar-refractivity contribution in [3.05, 3.63) is 29.1 Å². The number of piperidine rings is 3. The van der Waals surface area contributed by atoms with Crippen LogP contribution in [0.4, 0.5) is 14.9 Å². The lowest BCUT2D eigenvalue weighted by atomic mass is 9.72. The maximum atomic E-state index is 15.4. The molecule has 204 valence electrons. The zero-order valence-corrected chi connectivity index (χ0v) is 22.0. The van der Waals surface area contributed by atoms with E-state index in [-0.39, 0.29) is 41.2 Å². The predicted molar refractivity (Wildman–Crippen MR) is 134 cm³/mol. The number of nitrogens with zero attached hydrogens (tertiary/aromatic N) is 3. The SMILES string of the molecule is CC(C)(C)OC(=O)N1CCC2(CCCN(c3cc4c(cc3F)C(=O)N(C3CCC(=O)NC3=O)C4=O)C2)CC1. The number of likely N-dealkylation sites (tertiary alicyclic amines) is 1. The molecule has 11 heteroatoms. The Morgan fingerprint density at radius 2 is 1.68 bits per heavy atom. The van der Waals surface area contributed by atoms with Crippen molar-refractivity contribution in [1.29, 1.82) is 0 Å². The first kappa shape index (κ1) is 26.1. The molecule has 38 heavy (non-hydrogen) atoms. The summed E-state index contributed by atoms with van der Waals surface area (Å²) in [5.41, 5.74) is -0.413. The molecule has 1 atom stereocenters. The fourth-order valence-electron chi connectivity index (χ4n) is 6.03. The van der Waals surface area contributed by atoms with Crippen molar-refractivity contribution in [2.45, 2.75) is 70.9 Å². The van der Waals surface area contributed by atoms with Gasteiger partial charge in [-0.1, -0.05) is 0 Å². The summed E-state index contributed by atoms with van der Waals surface area (Å²) in [4.78, 5) is 67.1. The van der Waals surface area contributed by atoms with Gasteiger partial charge in [0.15, 0.2) is 0 Å². The number of halogens is 1. The van der Waals surface area contributed by atoms with Crippen LogP contribution in [0.3, 0.4) is 0 Å². The van der Waals surface area contributed by atoms with E-state index in [4.69, 9.17) is 4.74 Å². The third-order valence-electron chi connectivity index (χ3n) is 7.99. The maximum absolute atomic E-state index is 15.4. The molecule has 5 amide bonds. The Kier molecular flexibility index (Phi) is 6.43. The number of nitrogens with one attached hydrogen (secondary N) is 1. The number of benzene rings is 1. The van der Waals surface area contributed by atoms with Gasteiger partial charge in [-0.3, -0.25) is 29.4 Å². The molecule has 0 aromatic heterocycles. The molecule has 10 nitrogen and oxygen atoms in total. The maximum Gasteiger partial charge on any atom is 0.410 e. The van der Waals surface area contributed by atoms with Gasteiger partial charge in [0.25, 0.3) is 11.8 Å². The van der Waals surface area contributed by atoms with Gasteiger partial charge in [0.1, 0.15) is 17.5 Å². The summed E-state index contributed by atoms with van der Waals surface area (Å²) in [6.07, 6.45) is 3.04. The van der Waals surface area contributed by atoms with Gasteiger partial charge in [-0.15, -0.1) is 0 Å². The first-order chi connectivity index (χ1) is 17.9. The van der Waals surface area contributed by atoms with Crippen LogP contribution in [0.25, 0.3) is 0 Å². The lowest BCUT2D eigenvalue weighted by Crippen LogP contribution is -2.54. The van der Waals surface area contributed by atoms with Gasteiger partial charge in [0, 0.05) is 32.6 Å². The Hall–Kier alpha value is -3.50. The minimum atomic E-state index is -1.10. The molecule has 0 aliphatic carbocycles. The van der Waals surface area contributed by atoms with Crippen molar-refractivity contribution in [1.82, 2.24) is 15.1 Å². The lowest BCUT2D eigenvalue weighted by molar-refractivity contribution is -0.136. The van der Waals surface area contributed by atoms with Crippen molar-refractivity contribution < 1.29 is 33.1 Å². The Morgan fingerprint density at radius 1 is 1.03 bits per heavy atom. The molecular formula is C27H33FN4O6. The van der Waals surface area contributed by atoms with E-state index in [0.717, 1.165) is 36.6 Å². The normalized spacial score (nSPS) is 23.6. The highest BCUT2D eigenvalue weighted by atomic mass is 19.1. The first-order valence-corrected chi connectivity index (χ1v) is 13.2. The van der Waals surface area contributed by atoms with Crippen LogP contribution in [0.5, 0.6) is 0 Å². The molecule has 3 fully saturated rings. The van der Waals surface area contributed by atoms with Gasteiger partial charge in [0.05, 0.1) is 16.8 Å². The van der Waals surface area contributed by atoms with Gasteiger partial charge >= 0.3 is 6.09 Å². The summed E-state index contributed by atoms with van der Waals surface area (Å²) in [6, 6.07) is 1.41. The first-order valence-electron chi connectivity index (χ1n) is 13.2. The fourth-order valence-corrected chi connectivity index (χ4v) is 6.03. The molecule has 0 saturated carbocycles. The summed E-state index contributed by atoms with van der Waals surface area (Å²) in [7, 11) is 0. The van der Waals surface area contributed by atoms with Crippen molar-refractivity contribution in [3.8, 4) is 0 Å². The standard InChI is InChI=1S/C27H33FN4O6/c1-26(2,3)38-25(37)30-11-8-27(9-12-30)7-4-10-31(15-27)20-14-17-16(13-18(20)28)23(35)32(24(17)36)19-5-6-21(33)29-22(19)34/h13-14,19H,4-12,15H2,1-3H3,(H,29,33,34). The molecule has 1 N–H and O–H groups in total. The van der Waals surface area contributed by atoms with Crippen molar-refractivity contribution in [2.75, 3.05) is 31.1 Å². The largest absolute Gasteiger partial charge is 0.444 e. The highest BCUT2D eigenvalue weighted by Gasteiger charge is 2.46. The topological polar surface area (TPSA) is 116 Å². The predicted octanol–water partition coefficient (Wildman–Crippen LogP) is 2.84. The lowest BCUT2D eigenvalue weighted by Gasteiger charge is -2.48. The summed E-state index contributed by atoms with van der Waals surface area (Å²) < 4.78 is 20.9. The molecule has 1 aromatic carbocycles. The van der Waals surface area contributed by atoms with Crippen LogP contribution in [-0.2, 0) is 14.3 Å². The Balaban J connectivity index is 1.32. The van der Waals surface area contributed by atoms with E-state index in [1.807, 2.05) is 25.7 Å². The molecule has 1 aromatic rings. The van der Waals surface area contributed by atoms with Crippen LogP contribution < -0.4 is 10.2 Å². The minimum absolute atomic E-state index is 0.0185. The van der Waals surface area contributed by atoms with E-state index < -0.39 is 41.1 Å². The molecule has 5 rings (SSSR count). The molecule has 3 saturated heterocycles. The van der Waals surface area contributed by atoms with E-state index in [9.17, 15) is 24.0 Å². The van der Waals surface area contributed by atoms with Gasteiger partial charge in [-0.05, 0) is 70.4 Å². The van der Waals surface area contributed by atoms with Crippen LogP contribution in [-0.4, -0.2) is 77.3 Å². The number of amides is 5. The van der Waals surface area contributed by atoms with E-state index in [1.54, 1.807) is 4.90 Å². The number of carbonyl (C=O) groups excluding carboxylic acids is 5. The summed E-state index contributed by atoms with van der Waals surface area (Å²) in [5.74, 6) is -3.13. The second-order valence-electron chi connectivity index (χ2n) is 11.8. The number of fused-ring (bicyclic) bond motifs is 1. The molecule has 0 radical (unpaired) electrons. The highest BCUT2D eigenvalue weighted by molar-refractivity contribution is 6.23. The molecule has 4 aliphatic heterocycles. The monoisotopic (exact) mass is 528 g/mol. The van der Waals surface area contributed by atoms with E-state index in [2.05, 4.69) is 5.32 Å². The van der Waals surface area contributed by atoms with E-state index >= 15 is 4.39 Å². The molecule has 4 heterocycles.